The summed E-state index contributed by atoms with van der Waals surface area (Å²) in [4.78, 5) is 14.0. The molecule has 2 N–H and O–H groups in total. The first kappa shape index (κ1) is 15.8. The van der Waals surface area contributed by atoms with Crippen LogP contribution in [0.15, 0.2) is 24.3 Å². The van der Waals surface area contributed by atoms with E-state index in [1.54, 1.807) is 7.11 Å². The predicted octanol–water partition coefficient (Wildman–Crippen LogP) is 1.61. The van der Waals surface area contributed by atoms with Gasteiger partial charge >= 0.3 is 0 Å². The lowest BCUT2D eigenvalue weighted by atomic mass is 10.0. The van der Waals surface area contributed by atoms with Gasteiger partial charge in [-0.25, -0.2) is 0 Å². The Hall–Kier alpha value is -1.26. The normalized spacial score (nSPS) is 15.8. The van der Waals surface area contributed by atoms with Gasteiger partial charge in [0.2, 0.25) is 5.91 Å². The molecule has 1 aromatic rings. The zero-order valence-corrected chi connectivity index (χ0v) is 12.0. The minimum atomic E-state index is 0. The molecule has 0 atom stereocenters. The number of ether oxygens (including phenoxy) is 1. The second-order valence-electron chi connectivity index (χ2n) is 4.75. The summed E-state index contributed by atoms with van der Waals surface area (Å²) in [6, 6.07) is 7.91. The average Bonchev–Trinajstić information content (AvgIpc) is 2.39. The molecule has 0 aromatic heterocycles. The first-order valence-corrected chi connectivity index (χ1v) is 6.35. The van der Waals surface area contributed by atoms with E-state index in [9.17, 15) is 4.79 Å². The predicted molar refractivity (Wildman–Crippen MR) is 77.7 cm³/mol. The Bertz CT molecular complexity index is 418. The lowest BCUT2D eigenvalue weighted by Crippen LogP contribution is -2.43. The molecular formula is C14H21ClN2O2. The summed E-state index contributed by atoms with van der Waals surface area (Å²) in [5.41, 5.74) is 6.83. The van der Waals surface area contributed by atoms with Crippen molar-refractivity contribution in [1.82, 2.24) is 4.90 Å². The van der Waals surface area contributed by atoms with Gasteiger partial charge in [0.15, 0.2) is 0 Å². The zero-order chi connectivity index (χ0) is 13.0. The molecule has 2 rings (SSSR count). The average molecular weight is 285 g/mol. The van der Waals surface area contributed by atoms with E-state index < -0.39 is 0 Å². The highest BCUT2D eigenvalue weighted by atomic mass is 35.5. The van der Waals surface area contributed by atoms with Crippen LogP contribution in [-0.2, 0) is 11.2 Å². The fourth-order valence-corrected chi connectivity index (χ4v) is 2.22. The highest BCUT2D eigenvalue weighted by molar-refractivity contribution is 5.85. The van der Waals surface area contributed by atoms with E-state index in [0.29, 0.717) is 6.42 Å². The number of nitrogens with two attached hydrogens (primary N) is 1. The number of likely N-dealkylation sites (tertiary alicyclic amines) is 1. The molecule has 5 heteroatoms. The van der Waals surface area contributed by atoms with E-state index in [0.717, 1.165) is 37.2 Å². The highest BCUT2D eigenvalue weighted by Crippen LogP contribution is 2.15. The molecule has 0 radical (unpaired) electrons. The molecule has 0 bridgehead atoms. The van der Waals surface area contributed by atoms with Gasteiger partial charge in [-0.05, 0) is 30.5 Å². The lowest BCUT2D eigenvalue weighted by Gasteiger charge is -2.30. The number of amides is 1. The van der Waals surface area contributed by atoms with Crippen molar-refractivity contribution in [3.8, 4) is 5.75 Å². The van der Waals surface area contributed by atoms with Crippen LogP contribution in [0.1, 0.15) is 18.4 Å². The fourth-order valence-electron chi connectivity index (χ4n) is 2.22. The maximum atomic E-state index is 12.1. The topological polar surface area (TPSA) is 55.6 Å². The van der Waals surface area contributed by atoms with Crippen molar-refractivity contribution in [3.05, 3.63) is 29.8 Å². The standard InChI is InChI=1S/C14H20N2O2.ClH/c1-18-13-4-2-3-11(9-13)10-14(17)16-7-5-12(15)6-8-16;/h2-4,9,12H,5-8,10,15H2,1H3;1H. The van der Waals surface area contributed by atoms with Crippen molar-refractivity contribution in [2.24, 2.45) is 5.73 Å². The minimum Gasteiger partial charge on any atom is -0.497 e. The molecule has 0 unspecified atom stereocenters. The Balaban J connectivity index is 0.00000180. The highest BCUT2D eigenvalue weighted by Gasteiger charge is 2.20. The van der Waals surface area contributed by atoms with Crippen LogP contribution in [0.2, 0.25) is 0 Å². The van der Waals surface area contributed by atoms with Crippen molar-refractivity contribution in [2.45, 2.75) is 25.3 Å². The van der Waals surface area contributed by atoms with E-state index in [-0.39, 0.29) is 24.4 Å². The third-order valence-corrected chi connectivity index (χ3v) is 3.38. The smallest absolute Gasteiger partial charge is 0.226 e. The Kier molecular flexibility index (Phi) is 6.12. The van der Waals surface area contributed by atoms with Crippen LogP contribution in [0.3, 0.4) is 0 Å². The summed E-state index contributed by atoms with van der Waals surface area (Å²) in [5, 5.41) is 0. The molecule has 0 saturated carbocycles. The van der Waals surface area contributed by atoms with Gasteiger partial charge in [0.05, 0.1) is 13.5 Å². The van der Waals surface area contributed by atoms with Gasteiger partial charge in [-0.1, -0.05) is 12.1 Å². The van der Waals surface area contributed by atoms with Crippen molar-refractivity contribution >= 4 is 18.3 Å². The van der Waals surface area contributed by atoms with Gasteiger partial charge in [0.1, 0.15) is 5.75 Å². The Morgan fingerprint density at radius 1 is 1.42 bits per heavy atom. The largest absolute Gasteiger partial charge is 0.497 e. The number of hydrogen-bond donors (Lipinski definition) is 1. The second-order valence-corrected chi connectivity index (χ2v) is 4.75. The molecule has 1 aliphatic rings. The summed E-state index contributed by atoms with van der Waals surface area (Å²) < 4.78 is 5.15. The number of carbonyl (C=O) groups is 1. The molecule has 1 saturated heterocycles. The number of piperidine rings is 1. The number of rotatable bonds is 3. The van der Waals surface area contributed by atoms with Crippen LogP contribution in [0.5, 0.6) is 5.75 Å². The van der Waals surface area contributed by atoms with Crippen molar-refractivity contribution < 1.29 is 9.53 Å². The molecule has 1 amide bonds. The van der Waals surface area contributed by atoms with E-state index in [2.05, 4.69) is 0 Å². The van der Waals surface area contributed by atoms with Crippen LogP contribution in [0, 0.1) is 0 Å². The van der Waals surface area contributed by atoms with Gasteiger partial charge in [-0.2, -0.15) is 0 Å². The summed E-state index contributed by atoms with van der Waals surface area (Å²) >= 11 is 0. The van der Waals surface area contributed by atoms with Crippen LogP contribution in [0.4, 0.5) is 0 Å². The first-order valence-electron chi connectivity index (χ1n) is 6.35. The van der Waals surface area contributed by atoms with E-state index in [1.807, 2.05) is 29.2 Å². The number of benzene rings is 1. The van der Waals surface area contributed by atoms with Crippen molar-refractivity contribution in [2.75, 3.05) is 20.2 Å². The Labute approximate surface area is 120 Å². The van der Waals surface area contributed by atoms with Crippen molar-refractivity contribution in [1.29, 1.82) is 0 Å². The van der Waals surface area contributed by atoms with Crippen LogP contribution in [0.25, 0.3) is 0 Å². The first-order chi connectivity index (χ1) is 8.69. The molecule has 106 valence electrons. The molecule has 0 aliphatic carbocycles. The molecule has 4 nitrogen and oxygen atoms in total. The molecule has 1 aliphatic heterocycles. The van der Waals surface area contributed by atoms with Crippen LogP contribution < -0.4 is 10.5 Å². The van der Waals surface area contributed by atoms with Gasteiger partial charge in [0.25, 0.3) is 0 Å². The molecule has 19 heavy (non-hydrogen) atoms. The van der Waals surface area contributed by atoms with Crippen molar-refractivity contribution in [3.63, 3.8) is 0 Å². The fraction of sp³-hybridized carbons (Fsp3) is 0.500. The van der Waals surface area contributed by atoms with Gasteiger partial charge < -0.3 is 15.4 Å². The summed E-state index contributed by atoms with van der Waals surface area (Å²) in [6.45, 7) is 1.56. The Morgan fingerprint density at radius 2 is 2.11 bits per heavy atom. The molecular weight excluding hydrogens is 264 g/mol. The molecule has 0 spiro atoms. The molecule has 1 aromatic carbocycles. The number of nitrogens with zero attached hydrogens (tertiary/aromatic N) is 1. The third kappa shape index (κ3) is 4.40. The van der Waals surface area contributed by atoms with Gasteiger partial charge in [0, 0.05) is 19.1 Å². The maximum Gasteiger partial charge on any atom is 0.226 e. The number of carbonyl (C=O) groups excluding carboxylic acids is 1. The number of halogens is 1. The van der Waals surface area contributed by atoms with Gasteiger partial charge in [-0.15, -0.1) is 12.4 Å². The second kappa shape index (κ2) is 7.36. The van der Waals surface area contributed by atoms with E-state index in [1.165, 1.54) is 0 Å². The number of hydrogen-bond acceptors (Lipinski definition) is 3. The van der Waals surface area contributed by atoms with Gasteiger partial charge in [-0.3, -0.25) is 4.79 Å². The third-order valence-electron chi connectivity index (χ3n) is 3.38. The Morgan fingerprint density at radius 3 is 2.74 bits per heavy atom. The van der Waals surface area contributed by atoms with E-state index in [4.69, 9.17) is 10.5 Å². The SMILES string of the molecule is COc1cccc(CC(=O)N2CCC(N)CC2)c1.Cl. The van der Waals surface area contributed by atoms with Crippen LogP contribution >= 0.6 is 12.4 Å². The molecule has 1 heterocycles. The zero-order valence-electron chi connectivity index (χ0n) is 11.2. The van der Waals surface area contributed by atoms with Crippen LogP contribution in [-0.4, -0.2) is 37.0 Å². The monoisotopic (exact) mass is 284 g/mol. The molecule has 1 fully saturated rings. The summed E-state index contributed by atoms with van der Waals surface area (Å²) in [6.07, 6.45) is 2.25. The maximum absolute atomic E-state index is 12.1. The van der Waals surface area contributed by atoms with E-state index >= 15 is 0 Å². The lowest BCUT2D eigenvalue weighted by molar-refractivity contribution is -0.131. The number of methoxy groups -OCH3 is 1. The summed E-state index contributed by atoms with van der Waals surface area (Å²) in [5.74, 6) is 0.969. The minimum absolute atomic E-state index is 0. The quantitative estimate of drug-likeness (QED) is 0.917. The summed E-state index contributed by atoms with van der Waals surface area (Å²) in [7, 11) is 1.63.